The number of unbranched alkanes of at least 4 members (excludes halogenated alkanes) is 1. The van der Waals surface area contributed by atoms with E-state index in [-0.39, 0.29) is 5.91 Å². The molecule has 1 amide bonds. The molecule has 0 saturated carbocycles. The van der Waals surface area contributed by atoms with Crippen LogP contribution in [0.2, 0.25) is 0 Å². The van der Waals surface area contributed by atoms with Gasteiger partial charge in [0.15, 0.2) is 0 Å². The van der Waals surface area contributed by atoms with Gasteiger partial charge in [0.05, 0.1) is 5.69 Å². The molecule has 1 aromatic carbocycles. The van der Waals surface area contributed by atoms with E-state index in [1.165, 1.54) is 23.9 Å². The lowest BCUT2D eigenvalue weighted by atomic mass is 9.99. The second kappa shape index (κ2) is 8.26. The molecule has 2 aromatic rings. The van der Waals surface area contributed by atoms with E-state index in [1.54, 1.807) is 12.1 Å². The van der Waals surface area contributed by atoms with Gasteiger partial charge in [-0.05, 0) is 41.0 Å². The molecule has 1 heterocycles. The Labute approximate surface area is 130 Å². The van der Waals surface area contributed by atoms with Crippen molar-refractivity contribution < 1.29 is 4.79 Å². The van der Waals surface area contributed by atoms with E-state index >= 15 is 0 Å². The third-order valence-electron chi connectivity index (χ3n) is 3.82. The standard InChI is InChI=1S/C16H23N5O/c1-3-5-7-13(4-2)11-17-16(22)14-8-6-9-15(10-14)21-12-18-19-20-21/h6,8-10,12-13H,3-5,7,11H2,1-2H3,(H,17,22)/t13-/m0/s1. The highest BCUT2D eigenvalue weighted by Gasteiger charge is 2.11. The van der Waals surface area contributed by atoms with Crippen LogP contribution in [0.3, 0.4) is 0 Å². The maximum Gasteiger partial charge on any atom is 0.251 e. The second-order valence-corrected chi connectivity index (χ2v) is 5.43. The summed E-state index contributed by atoms with van der Waals surface area (Å²) in [6.07, 6.45) is 6.17. The Morgan fingerprint density at radius 3 is 2.91 bits per heavy atom. The highest BCUT2D eigenvalue weighted by molar-refractivity contribution is 5.94. The lowest BCUT2D eigenvalue weighted by molar-refractivity contribution is 0.0946. The zero-order chi connectivity index (χ0) is 15.8. The number of hydrogen-bond donors (Lipinski definition) is 1. The highest BCUT2D eigenvalue weighted by Crippen LogP contribution is 2.12. The van der Waals surface area contributed by atoms with Gasteiger partial charge in [-0.2, -0.15) is 0 Å². The summed E-state index contributed by atoms with van der Waals surface area (Å²) in [5, 5.41) is 14.1. The van der Waals surface area contributed by atoms with E-state index in [4.69, 9.17) is 0 Å². The van der Waals surface area contributed by atoms with Gasteiger partial charge in [-0.15, -0.1) is 5.10 Å². The number of amides is 1. The van der Waals surface area contributed by atoms with Crippen molar-refractivity contribution in [2.45, 2.75) is 39.5 Å². The van der Waals surface area contributed by atoms with E-state index in [0.717, 1.165) is 25.1 Å². The molecule has 0 saturated heterocycles. The summed E-state index contributed by atoms with van der Waals surface area (Å²) in [5.74, 6) is 0.497. The highest BCUT2D eigenvalue weighted by atomic mass is 16.1. The fourth-order valence-electron chi connectivity index (χ4n) is 2.35. The van der Waals surface area contributed by atoms with Crippen LogP contribution in [0.4, 0.5) is 0 Å². The summed E-state index contributed by atoms with van der Waals surface area (Å²) >= 11 is 0. The summed E-state index contributed by atoms with van der Waals surface area (Å²) in [5.41, 5.74) is 1.40. The second-order valence-electron chi connectivity index (χ2n) is 5.43. The molecular weight excluding hydrogens is 278 g/mol. The van der Waals surface area contributed by atoms with E-state index < -0.39 is 0 Å². The summed E-state index contributed by atoms with van der Waals surface area (Å²) in [7, 11) is 0. The van der Waals surface area contributed by atoms with Crippen LogP contribution in [0.25, 0.3) is 5.69 Å². The van der Waals surface area contributed by atoms with E-state index in [9.17, 15) is 4.79 Å². The molecular formula is C16H23N5O. The van der Waals surface area contributed by atoms with Crippen molar-refractivity contribution in [1.82, 2.24) is 25.5 Å². The Morgan fingerprint density at radius 1 is 1.36 bits per heavy atom. The number of nitrogens with zero attached hydrogens (tertiary/aromatic N) is 4. The molecule has 0 bridgehead atoms. The van der Waals surface area contributed by atoms with Gasteiger partial charge >= 0.3 is 0 Å². The van der Waals surface area contributed by atoms with Gasteiger partial charge in [0.25, 0.3) is 5.91 Å². The molecule has 0 unspecified atom stereocenters. The summed E-state index contributed by atoms with van der Waals surface area (Å²) in [6.45, 7) is 5.09. The lowest BCUT2D eigenvalue weighted by Crippen LogP contribution is -2.29. The van der Waals surface area contributed by atoms with Gasteiger partial charge < -0.3 is 5.32 Å². The fourth-order valence-corrected chi connectivity index (χ4v) is 2.35. The Kier molecular flexibility index (Phi) is 6.06. The molecule has 1 N–H and O–H groups in total. The van der Waals surface area contributed by atoms with Crippen LogP contribution in [-0.4, -0.2) is 32.7 Å². The molecule has 0 radical (unpaired) electrons. The fraction of sp³-hybridized carbons (Fsp3) is 0.500. The van der Waals surface area contributed by atoms with Gasteiger partial charge in [-0.3, -0.25) is 4.79 Å². The number of aromatic nitrogens is 4. The molecule has 0 aliphatic carbocycles. The van der Waals surface area contributed by atoms with Crippen molar-refractivity contribution in [2.24, 2.45) is 5.92 Å². The molecule has 6 nitrogen and oxygen atoms in total. The Hall–Kier alpha value is -2.24. The predicted octanol–water partition coefficient (Wildman–Crippen LogP) is 2.61. The Balaban J connectivity index is 1.96. The number of tetrazole rings is 1. The normalized spacial score (nSPS) is 12.1. The van der Waals surface area contributed by atoms with Gasteiger partial charge in [-0.25, -0.2) is 4.68 Å². The minimum absolute atomic E-state index is 0.0510. The molecule has 0 spiro atoms. The van der Waals surface area contributed by atoms with Crippen LogP contribution in [0.1, 0.15) is 49.9 Å². The molecule has 1 aromatic heterocycles. The van der Waals surface area contributed by atoms with Gasteiger partial charge in [0.1, 0.15) is 6.33 Å². The van der Waals surface area contributed by atoms with E-state index in [1.807, 2.05) is 12.1 Å². The van der Waals surface area contributed by atoms with Crippen LogP contribution in [-0.2, 0) is 0 Å². The number of carbonyl (C=O) groups excluding carboxylic acids is 1. The molecule has 0 aliphatic rings. The topological polar surface area (TPSA) is 72.7 Å². The van der Waals surface area contributed by atoms with Crippen LogP contribution >= 0.6 is 0 Å². The molecule has 2 rings (SSSR count). The third-order valence-corrected chi connectivity index (χ3v) is 3.82. The quantitative estimate of drug-likeness (QED) is 0.813. The molecule has 22 heavy (non-hydrogen) atoms. The van der Waals surface area contributed by atoms with E-state index in [0.29, 0.717) is 11.5 Å². The van der Waals surface area contributed by atoms with Gasteiger partial charge in [0.2, 0.25) is 0 Å². The van der Waals surface area contributed by atoms with Crippen LogP contribution in [0.5, 0.6) is 0 Å². The summed E-state index contributed by atoms with van der Waals surface area (Å²) < 4.78 is 1.53. The lowest BCUT2D eigenvalue weighted by Gasteiger charge is -2.15. The van der Waals surface area contributed by atoms with E-state index in [2.05, 4.69) is 34.7 Å². The molecule has 0 fully saturated rings. The van der Waals surface area contributed by atoms with Crippen molar-refractivity contribution in [3.63, 3.8) is 0 Å². The molecule has 0 aliphatic heterocycles. The van der Waals surface area contributed by atoms with Crippen molar-refractivity contribution in [2.75, 3.05) is 6.54 Å². The zero-order valence-electron chi connectivity index (χ0n) is 13.2. The first-order chi connectivity index (χ1) is 10.7. The number of rotatable bonds is 8. The SMILES string of the molecule is CCCC[C@H](CC)CNC(=O)c1cccc(-n2cnnn2)c1. The Morgan fingerprint density at radius 2 is 2.23 bits per heavy atom. The van der Waals surface area contributed by atoms with Crippen LogP contribution < -0.4 is 5.32 Å². The summed E-state index contributed by atoms with van der Waals surface area (Å²) in [4.78, 5) is 12.3. The van der Waals surface area contributed by atoms with Crippen LogP contribution in [0, 0.1) is 5.92 Å². The number of hydrogen-bond acceptors (Lipinski definition) is 4. The van der Waals surface area contributed by atoms with Gasteiger partial charge in [-0.1, -0.05) is 39.2 Å². The first kappa shape index (κ1) is 16.1. The summed E-state index contributed by atoms with van der Waals surface area (Å²) in [6, 6.07) is 7.29. The maximum absolute atomic E-state index is 12.3. The smallest absolute Gasteiger partial charge is 0.251 e. The van der Waals surface area contributed by atoms with Crippen LogP contribution in [0.15, 0.2) is 30.6 Å². The van der Waals surface area contributed by atoms with Crippen molar-refractivity contribution >= 4 is 5.91 Å². The first-order valence-electron chi connectivity index (χ1n) is 7.86. The molecule has 118 valence electrons. The third kappa shape index (κ3) is 4.38. The number of carbonyl (C=O) groups is 1. The average Bonchev–Trinajstić information content (AvgIpc) is 3.09. The molecule has 6 heteroatoms. The Bertz CT molecular complexity index is 582. The number of nitrogens with one attached hydrogen (secondary N) is 1. The minimum atomic E-state index is -0.0510. The van der Waals surface area contributed by atoms with Gasteiger partial charge in [0, 0.05) is 12.1 Å². The first-order valence-corrected chi connectivity index (χ1v) is 7.86. The monoisotopic (exact) mass is 301 g/mol. The number of benzene rings is 1. The predicted molar refractivity (Wildman–Crippen MR) is 84.8 cm³/mol. The molecule has 1 atom stereocenters. The zero-order valence-corrected chi connectivity index (χ0v) is 13.2. The van der Waals surface area contributed by atoms with Crippen molar-refractivity contribution in [1.29, 1.82) is 0 Å². The van der Waals surface area contributed by atoms with Crippen molar-refractivity contribution in [3.8, 4) is 5.69 Å². The van der Waals surface area contributed by atoms with Crippen molar-refractivity contribution in [3.05, 3.63) is 36.2 Å². The minimum Gasteiger partial charge on any atom is -0.352 e. The average molecular weight is 301 g/mol. The maximum atomic E-state index is 12.3. The largest absolute Gasteiger partial charge is 0.352 e.